The number of phenols is 1. The molecule has 1 aromatic rings. The van der Waals surface area contributed by atoms with Crippen LogP contribution in [0.25, 0.3) is 0 Å². The molecular weight excluding hydrogens is 237 g/mol. The van der Waals surface area contributed by atoms with Gasteiger partial charge in [-0.2, -0.15) is 13.2 Å². The Balaban J connectivity index is 3.48. The van der Waals surface area contributed by atoms with Crippen LogP contribution in [0.1, 0.15) is 29.8 Å². The number of Topliss-reactive ketones (excluding diaryl/α,β-unsaturated/α-hetero) is 1. The average Bonchev–Trinajstić information content (AvgIpc) is 2.18. The molecule has 0 saturated carbocycles. The number of alkyl halides is 3. The van der Waals surface area contributed by atoms with Gasteiger partial charge in [-0.05, 0) is 26.0 Å². The molecule has 0 bridgehead atoms. The number of hydrogen-bond donors (Lipinski definition) is 1. The number of halogens is 3. The van der Waals surface area contributed by atoms with Crippen LogP contribution in [-0.2, 0) is 6.18 Å². The smallest absolute Gasteiger partial charge is 0.420 e. The van der Waals surface area contributed by atoms with Gasteiger partial charge in [0.1, 0.15) is 5.56 Å². The second kappa shape index (κ2) is 4.65. The molecule has 6 heteroatoms. The van der Waals surface area contributed by atoms with Crippen LogP contribution in [0.3, 0.4) is 0 Å². The first-order chi connectivity index (χ1) is 7.79. The van der Waals surface area contributed by atoms with Crippen molar-refractivity contribution in [2.24, 2.45) is 0 Å². The highest BCUT2D eigenvalue weighted by Crippen LogP contribution is 2.43. The molecule has 1 rings (SSSR count). The number of phenolic OH excluding ortho intramolecular Hbond substituents is 1. The van der Waals surface area contributed by atoms with Crippen molar-refractivity contribution in [2.45, 2.75) is 20.0 Å². The topological polar surface area (TPSA) is 46.5 Å². The summed E-state index contributed by atoms with van der Waals surface area (Å²) in [6, 6.07) is 2.14. The first-order valence-corrected chi connectivity index (χ1v) is 4.86. The molecule has 3 nitrogen and oxygen atoms in total. The van der Waals surface area contributed by atoms with Crippen LogP contribution in [0.5, 0.6) is 11.5 Å². The fourth-order valence-electron chi connectivity index (χ4n) is 1.42. The second-order valence-corrected chi connectivity index (χ2v) is 3.32. The Morgan fingerprint density at radius 2 is 2.00 bits per heavy atom. The summed E-state index contributed by atoms with van der Waals surface area (Å²) in [6.45, 7) is 2.69. The van der Waals surface area contributed by atoms with Crippen molar-refractivity contribution in [3.05, 3.63) is 23.3 Å². The van der Waals surface area contributed by atoms with Crippen LogP contribution in [0, 0.1) is 0 Å². The summed E-state index contributed by atoms with van der Waals surface area (Å²) in [5, 5.41) is 9.49. The quantitative estimate of drug-likeness (QED) is 0.836. The Kier molecular flexibility index (Phi) is 3.65. The highest BCUT2D eigenvalue weighted by Gasteiger charge is 2.39. The van der Waals surface area contributed by atoms with Crippen molar-refractivity contribution in [2.75, 3.05) is 6.61 Å². The number of carbonyl (C=O) groups excluding carboxylic acids is 1. The van der Waals surface area contributed by atoms with E-state index in [1.54, 1.807) is 6.92 Å². The molecule has 0 unspecified atom stereocenters. The minimum Gasteiger partial charge on any atom is -0.504 e. The molecule has 17 heavy (non-hydrogen) atoms. The monoisotopic (exact) mass is 248 g/mol. The molecule has 0 aromatic heterocycles. The largest absolute Gasteiger partial charge is 0.504 e. The van der Waals surface area contributed by atoms with Crippen molar-refractivity contribution in [1.29, 1.82) is 0 Å². The van der Waals surface area contributed by atoms with Crippen molar-refractivity contribution < 1.29 is 27.8 Å². The molecule has 0 aliphatic rings. The van der Waals surface area contributed by atoms with Crippen molar-refractivity contribution >= 4 is 5.78 Å². The lowest BCUT2D eigenvalue weighted by molar-refractivity contribution is -0.139. The molecule has 0 aliphatic carbocycles. The minimum absolute atomic E-state index is 0.115. The van der Waals surface area contributed by atoms with Gasteiger partial charge in [0.15, 0.2) is 17.3 Å². The third-order valence-electron chi connectivity index (χ3n) is 2.10. The number of ketones is 1. The summed E-state index contributed by atoms with van der Waals surface area (Å²) in [6.07, 6.45) is -4.81. The van der Waals surface area contributed by atoms with E-state index in [-0.39, 0.29) is 12.4 Å². The summed E-state index contributed by atoms with van der Waals surface area (Å²) in [4.78, 5) is 11.1. The van der Waals surface area contributed by atoms with E-state index in [2.05, 4.69) is 0 Å². The molecule has 1 aromatic carbocycles. The molecule has 0 saturated heterocycles. The van der Waals surface area contributed by atoms with Gasteiger partial charge in [0, 0.05) is 5.56 Å². The van der Waals surface area contributed by atoms with Gasteiger partial charge in [0.2, 0.25) is 0 Å². The molecule has 94 valence electrons. The van der Waals surface area contributed by atoms with Crippen LogP contribution < -0.4 is 4.74 Å². The summed E-state index contributed by atoms with van der Waals surface area (Å²) in [7, 11) is 0. The first kappa shape index (κ1) is 13.3. The van der Waals surface area contributed by atoms with Crippen molar-refractivity contribution in [1.82, 2.24) is 0 Å². The Hall–Kier alpha value is -1.72. The second-order valence-electron chi connectivity index (χ2n) is 3.32. The summed E-state index contributed by atoms with van der Waals surface area (Å²) >= 11 is 0. The predicted molar refractivity (Wildman–Crippen MR) is 54.3 cm³/mol. The zero-order valence-corrected chi connectivity index (χ0v) is 9.26. The summed E-state index contributed by atoms with van der Waals surface area (Å²) in [5.41, 5.74) is -1.92. The van der Waals surface area contributed by atoms with Gasteiger partial charge < -0.3 is 9.84 Å². The first-order valence-electron chi connectivity index (χ1n) is 4.86. The molecule has 0 radical (unpaired) electrons. The molecule has 0 spiro atoms. The lowest BCUT2D eigenvalue weighted by Crippen LogP contribution is -2.12. The Morgan fingerprint density at radius 1 is 1.41 bits per heavy atom. The van der Waals surface area contributed by atoms with Gasteiger partial charge >= 0.3 is 6.18 Å². The highest BCUT2D eigenvalue weighted by molar-refractivity contribution is 5.96. The van der Waals surface area contributed by atoms with Crippen molar-refractivity contribution in [3.8, 4) is 11.5 Å². The molecule has 0 aliphatic heterocycles. The standard InChI is InChI=1S/C11H11F3O3/c1-3-17-8-5-4-7(6(2)15)9(10(8)16)11(12,13)14/h4-5,16H,3H2,1-2H3. The van der Waals surface area contributed by atoms with E-state index in [0.717, 1.165) is 19.1 Å². The number of rotatable bonds is 3. The molecular formula is C11H11F3O3. The highest BCUT2D eigenvalue weighted by atomic mass is 19.4. The fourth-order valence-corrected chi connectivity index (χ4v) is 1.42. The minimum atomic E-state index is -4.81. The van der Waals surface area contributed by atoms with E-state index in [1.807, 2.05) is 0 Å². The van der Waals surface area contributed by atoms with Gasteiger partial charge in [-0.3, -0.25) is 4.79 Å². The van der Waals surface area contributed by atoms with Gasteiger partial charge in [-0.15, -0.1) is 0 Å². The Labute approximate surface area is 95.8 Å². The lowest BCUT2D eigenvalue weighted by atomic mass is 10.0. The van der Waals surface area contributed by atoms with Crippen LogP contribution in [-0.4, -0.2) is 17.5 Å². The molecule has 0 atom stereocenters. The number of benzene rings is 1. The third-order valence-corrected chi connectivity index (χ3v) is 2.10. The number of ether oxygens (including phenoxy) is 1. The molecule has 0 heterocycles. The zero-order chi connectivity index (χ0) is 13.2. The van der Waals surface area contributed by atoms with Gasteiger partial charge in [-0.1, -0.05) is 0 Å². The zero-order valence-electron chi connectivity index (χ0n) is 9.26. The summed E-state index contributed by atoms with van der Waals surface area (Å²) in [5.74, 6) is -2.10. The van der Waals surface area contributed by atoms with E-state index >= 15 is 0 Å². The van der Waals surface area contributed by atoms with E-state index in [1.165, 1.54) is 0 Å². The van der Waals surface area contributed by atoms with Gasteiger partial charge in [0.05, 0.1) is 6.61 Å². The molecule has 0 amide bonds. The average molecular weight is 248 g/mol. The SMILES string of the molecule is CCOc1ccc(C(C)=O)c(C(F)(F)F)c1O. The van der Waals surface area contributed by atoms with E-state index in [0.29, 0.717) is 0 Å². The number of carbonyl (C=O) groups is 1. The van der Waals surface area contributed by atoms with Crippen LogP contribution >= 0.6 is 0 Å². The van der Waals surface area contributed by atoms with Crippen molar-refractivity contribution in [3.63, 3.8) is 0 Å². The van der Waals surface area contributed by atoms with E-state index < -0.39 is 28.8 Å². The molecule has 1 N–H and O–H groups in total. The maximum atomic E-state index is 12.7. The maximum Gasteiger partial charge on any atom is 0.420 e. The van der Waals surface area contributed by atoms with Gasteiger partial charge in [0.25, 0.3) is 0 Å². The predicted octanol–water partition coefficient (Wildman–Crippen LogP) is 3.01. The third kappa shape index (κ3) is 2.69. The lowest BCUT2D eigenvalue weighted by Gasteiger charge is -2.15. The van der Waals surface area contributed by atoms with Crippen LogP contribution in [0.2, 0.25) is 0 Å². The molecule has 0 fully saturated rings. The van der Waals surface area contributed by atoms with Crippen LogP contribution in [0.4, 0.5) is 13.2 Å². The van der Waals surface area contributed by atoms with Gasteiger partial charge in [-0.25, -0.2) is 0 Å². The van der Waals surface area contributed by atoms with E-state index in [9.17, 15) is 23.1 Å². The Morgan fingerprint density at radius 3 is 2.41 bits per heavy atom. The number of aromatic hydroxyl groups is 1. The normalized spacial score (nSPS) is 11.4. The van der Waals surface area contributed by atoms with E-state index in [4.69, 9.17) is 4.74 Å². The maximum absolute atomic E-state index is 12.7. The summed E-state index contributed by atoms with van der Waals surface area (Å²) < 4.78 is 43.0. The fraction of sp³-hybridized carbons (Fsp3) is 0.364. The Bertz CT molecular complexity index is 438. The number of hydrogen-bond acceptors (Lipinski definition) is 3. The van der Waals surface area contributed by atoms with Crippen LogP contribution in [0.15, 0.2) is 12.1 Å².